The molecule has 2 N–H and O–H groups in total. The lowest BCUT2D eigenvalue weighted by atomic mass is 10.2. The highest BCUT2D eigenvalue weighted by molar-refractivity contribution is 14.0. The predicted molar refractivity (Wildman–Crippen MR) is 109 cm³/mol. The predicted octanol–water partition coefficient (Wildman–Crippen LogP) is 2.86. The second-order valence-corrected chi connectivity index (χ2v) is 6.11. The van der Waals surface area contributed by atoms with Gasteiger partial charge in [-0.3, -0.25) is 9.79 Å². The smallest absolute Gasteiger partial charge is 0.251 e. The van der Waals surface area contributed by atoms with Gasteiger partial charge in [0, 0.05) is 36.2 Å². The molecule has 1 heterocycles. The first-order valence-corrected chi connectivity index (χ1v) is 8.57. The largest absolute Gasteiger partial charge is 0.357 e. The second kappa shape index (κ2) is 10.9. The highest BCUT2D eigenvalue weighted by Crippen LogP contribution is 2.10. The molecule has 0 bridgehead atoms. The maximum absolute atomic E-state index is 12.0. The van der Waals surface area contributed by atoms with Gasteiger partial charge in [0.2, 0.25) is 0 Å². The number of amides is 1. The number of carbonyl (C=O) groups excluding carboxylic acids is 1. The number of aliphatic imine (C=N–C) groups is 1. The van der Waals surface area contributed by atoms with Gasteiger partial charge in [0.1, 0.15) is 0 Å². The van der Waals surface area contributed by atoms with Crippen molar-refractivity contribution in [2.24, 2.45) is 4.99 Å². The third-order valence-corrected chi connectivity index (χ3v) is 4.03. The Balaban J connectivity index is 0.00000264. The van der Waals surface area contributed by atoms with Crippen LogP contribution in [0.15, 0.2) is 33.7 Å². The summed E-state index contributed by atoms with van der Waals surface area (Å²) < 4.78 is 0.967. The van der Waals surface area contributed by atoms with E-state index >= 15 is 0 Å². The molecule has 1 aliphatic heterocycles. The van der Waals surface area contributed by atoms with E-state index in [0.29, 0.717) is 18.7 Å². The molecule has 1 fully saturated rings. The van der Waals surface area contributed by atoms with Crippen molar-refractivity contribution in [3.63, 3.8) is 0 Å². The number of benzene rings is 1. The standard InChI is InChI=1S/C16H23BrN4O.HI/c1-2-18-16(21-11-3-4-12-21)20-10-9-19-15(22)13-5-7-14(17)8-6-13;/h5-8H,2-4,9-12H2,1H3,(H,18,20)(H,19,22);1H. The average molecular weight is 495 g/mol. The number of guanidine groups is 1. The van der Waals surface area contributed by atoms with Crippen LogP contribution < -0.4 is 10.6 Å². The Labute approximate surface area is 163 Å². The number of carbonyl (C=O) groups is 1. The summed E-state index contributed by atoms with van der Waals surface area (Å²) in [4.78, 5) is 18.8. The van der Waals surface area contributed by atoms with E-state index in [0.717, 1.165) is 30.1 Å². The van der Waals surface area contributed by atoms with Crippen molar-refractivity contribution in [3.8, 4) is 0 Å². The summed E-state index contributed by atoms with van der Waals surface area (Å²) in [5.41, 5.74) is 0.665. The van der Waals surface area contributed by atoms with Gasteiger partial charge < -0.3 is 15.5 Å². The van der Waals surface area contributed by atoms with Crippen molar-refractivity contribution in [1.29, 1.82) is 0 Å². The molecule has 1 aromatic rings. The van der Waals surface area contributed by atoms with E-state index in [4.69, 9.17) is 0 Å². The van der Waals surface area contributed by atoms with Gasteiger partial charge in [-0.25, -0.2) is 0 Å². The van der Waals surface area contributed by atoms with Crippen LogP contribution in [0.3, 0.4) is 0 Å². The maximum atomic E-state index is 12.0. The van der Waals surface area contributed by atoms with Crippen LogP contribution in [0.2, 0.25) is 0 Å². The van der Waals surface area contributed by atoms with Crippen LogP contribution in [0.25, 0.3) is 0 Å². The van der Waals surface area contributed by atoms with Crippen LogP contribution in [0.5, 0.6) is 0 Å². The summed E-state index contributed by atoms with van der Waals surface area (Å²) >= 11 is 3.36. The highest BCUT2D eigenvalue weighted by atomic mass is 127. The number of nitrogens with one attached hydrogen (secondary N) is 2. The quantitative estimate of drug-likeness (QED) is 0.286. The van der Waals surface area contributed by atoms with Crippen molar-refractivity contribution in [3.05, 3.63) is 34.3 Å². The van der Waals surface area contributed by atoms with E-state index in [1.54, 1.807) is 12.1 Å². The molecule has 2 rings (SSSR count). The fraction of sp³-hybridized carbons (Fsp3) is 0.500. The van der Waals surface area contributed by atoms with E-state index in [1.807, 2.05) is 12.1 Å². The zero-order valence-electron chi connectivity index (χ0n) is 13.3. The topological polar surface area (TPSA) is 56.7 Å². The Kier molecular flexibility index (Phi) is 9.54. The number of halogens is 2. The zero-order chi connectivity index (χ0) is 15.8. The van der Waals surface area contributed by atoms with Crippen LogP contribution in [-0.2, 0) is 0 Å². The number of rotatable bonds is 5. The SMILES string of the molecule is CCNC(=NCCNC(=O)c1ccc(Br)cc1)N1CCCC1.I. The summed E-state index contributed by atoms with van der Waals surface area (Å²) in [6.07, 6.45) is 2.45. The molecule has 1 amide bonds. The third-order valence-electron chi connectivity index (χ3n) is 3.51. The van der Waals surface area contributed by atoms with E-state index in [2.05, 4.69) is 43.4 Å². The highest BCUT2D eigenvalue weighted by Gasteiger charge is 2.15. The molecule has 0 spiro atoms. The zero-order valence-corrected chi connectivity index (χ0v) is 17.3. The van der Waals surface area contributed by atoms with Crippen molar-refractivity contribution in [2.45, 2.75) is 19.8 Å². The minimum absolute atomic E-state index is 0. The first kappa shape index (κ1) is 20.2. The summed E-state index contributed by atoms with van der Waals surface area (Å²) in [5.74, 6) is 0.895. The lowest BCUT2D eigenvalue weighted by Crippen LogP contribution is -2.40. The Morgan fingerprint density at radius 1 is 1.22 bits per heavy atom. The fourth-order valence-electron chi connectivity index (χ4n) is 2.39. The van der Waals surface area contributed by atoms with Gasteiger partial charge in [-0.1, -0.05) is 15.9 Å². The molecule has 0 atom stereocenters. The minimum atomic E-state index is -0.0612. The van der Waals surface area contributed by atoms with Crippen molar-refractivity contribution >= 4 is 51.8 Å². The maximum Gasteiger partial charge on any atom is 0.251 e. The van der Waals surface area contributed by atoms with E-state index in [-0.39, 0.29) is 29.9 Å². The van der Waals surface area contributed by atoms with Gasteiger partial charge in [-0.05, 0) is 44.0 Å². The minimum Gasteiger partial charge on any atom is -0.357 e. The molecule has 1 aromatic carbocycles. The molecule has 23 heavy (non-hydrogen) atoms. The molecule has 0 aliphatic carbocycles. The molecule has 0 saturated carbocycles. The lowest BCUT2D eigenvalue weighted by Gasteiger charge is -2.20. The summed E-state index contributed by atoms with van der Waals surface area (Å²) in [5, 5.41) is 6.21. The Morgan fingerprint density at radius 2 is 1.87 bits per heavy atom. The number of hydrogen-bond donors (Lipinski definition) is 2. The molecule has 0 unspecified atom stereocenters. The van der Waals surface area contributed by atoms with Gasteiger partial charge >= 0.3 is 0 Å². The summed E-state index contributed by atoms with van der Waals surface area (Å²) in [7, 11) is 0. The Bertz CT molecular complexity index is 515. The first-order chi connectivity index (χ1) is 10.7. The van der Waals surface area contributed by atoms with Gasteiger partial charge in [-0.15, -0.1) is 24.0 Å². The van der Waals surface area contributed by atoms with Gasteiger partial charge in [-0.2, -0.15) is 0 Å². The Morgan fingerprint density at radius 3 is 2.48 bits per heavy atom. The molecule has 1 aliphatic rings. The third kappa shape index (κ3) is 6.66. The van der Waals surface area contributed by atoms with Crippen molar-refractivity contribution in [2.75, 3.05) is 32.7 Å². The second-order valence-electron chi connectivity index (χ2n) is 5.19. The van der Waals surface area contributed by atoms with E-state index in [1.165, 1.54) is 12.8 Å². The van der Waals surface area contributed by atoms with E-state index in [9.17, 15) is 4.79 Å². The number of nitrogens with zero attached hydrogens (tertiary/aromatic N) is 2. The first-order valence-electron chi connectivity index (χ1n) is 7.77. The Hall–Kier alpha value is -0.830. The van der Waals surface area contributed by atoms with Crippen LogP contribution >= 0.6 is 39.9 Å². The molecular formula is C16H24BrIN4O. The molecule has 0 aromatic heterocycles. The van der Waals surface area contributed by atoms with Crippen molar-refractivity contribution in [1.82, 2.24) is 15.5 Å². The van der Waals surface area contributed by atoms with Gasteiger partial charge in [0.15, 0.2) is 5.96 Å². The molecule has 7 heteroatoms. The van der Waals surface area contributed by atoms with Crippen LogP contribution in [-0.4, -0.2) is 49.5 Å². The molecule has 0 radical (unpaired) electrons. The van der Waals surface area contributed by atoms with Crippen LogP contribution in [0.1, 0.15) is 30.1 Å². The fourth-order valence-corrected chi connectivity index (χ4v) is 2.65. The lowest BCUT2D eigenvalue weighted by molar-refractivity contribution is 0.0955. The average Bonchev–Trinajstić information content (AvgIpc) is 3.05. The number of likely N-dealkylation sites (tertiary alicyclic amines) is 1. The van der Waals surface area contributed by atoms with E-state index < -0.39 is 0 Å². The summed E-state index contributed by atoms with van der Waals surface area (Å²) in [6, 6.07) is 7.33. The van der Waals surface area contributed by atoms with Gasteiger partial charge in [0.05, 0.1) is 6.54 Å². The molecule has 1 saturated heterocycles. The molecule has 5 nitrogen and oxygen atoms in total. The number of hydrogen-bond acceptors (Lipinski definition) is 2. The summed E-state index contributed by atoms with van der Waals surface area (Å²) in [6.45, 7) is 6.19. The molecule has 128 valence electrons. The van der Waals surface area contributed by atoms with Crippen LogP contribution in [0.4, 0.5) is 0 Å². The monoisotopic (exact) mass is 494 g/mol. The van der Waals surface area contributed by atoms with Gasteiger partial charge in [0.25, 0.3) is 5.91 Å². The normalized spacial score (nSPS) is 14.3. The van der Waals surface area contributed by atoms with Crippen molar-refractivity contribution < 1.29 is 4.79 Å². The molecular weight excluding hydrogens is 471 g/mol. The van der Waals surface area contributed by atoms with Crippen LogP contribution in [0, 0.1) is 0 Å².